The monoisotopic (exact) mass is 354 g/mol. The predicted octanol–water partition coefficient (Wildman–Crippen LogP) is 1.96. The van der Waals surface area contributed by atoms with Gasteiger partial charge in [-0.25, -0.2) is 0 Å². The molecule has 2 amide bonds. The van der Waals surface area contributed by atoms with E-state index < -0.39 is 5.91 Å². The second-order valence-electron chi connectivity index (χ2n) is 5.36. The number of hydrogen-bond acceptors (Lipinski definition) is 4. The number of amides is 2. The Balaban J connectivity index is 2.22. The van der Waals surface area contributed by atoms with Crippen LogP contribution in [0.5, 0.6) is 5.75 Å². The molecule has 0 spiro atoms. The number of rotatable bonds is 8. The van der Waals surface area contributed by atoms with Crippen molar-refractivity contribution in [2.75, 3.05) is 19.8 Å². The Morgan fingerprint density at radius 2 is 1.77 bits per heavy atom. The second kappa shape index (κ2) is 10.0. The van der Waals surface area contributed by atoms with Crippen molar-refractivity contribution in [2.45, 2.75) is 6.92 Å². The van der Waals surface area contributed by atoms with Gasteiger partial charge in [0.15, 0.2) is 0 Å². The van der Waals surface area contributed by atoms with Gasteiger partial charge in [-0.2, -0.15) is 0 Å². The molecule has 0 radical (unpaired) electrons. The van der Waals surface area contributed by atoms with Gasteiger partial charge < -0.3 is 20.5 Å². The van der Waals surface area contributed by atoms with Crippen LogP contribution in [0.15, 0.2) is 60.3 Å². The number of nitrogens with one attached hydrogen (secondary N) is 2. The van der Waals surface area contributed by atoms with E-state index in [1.54, 1.807) is 60.7 Å². The summed E-state index contributed by atoms with van der Waals surface area (Å²) < 4.78 is 5.39. The van der Waals surface area contributed by atoms with Gasteiger partial charge in [-0.1, -0.05) is 30.3 Å². The summed E-state index contributed by atoms with van der Waals surface area (Å²) in [7, 11) is 0. The molecule has 2 rings (SSSR count). The van der Waals surface area contributed by atoms with E-state index in [0.717, 1.165) is 11.3 Å². The first-order chi connectivity index (χ1) is 12.6. The highest BCUT2D eigenvalue weighted by Gasteiger charge is 2.14. The Kier molecular flexibility index (Phi) is 7.39. The number of carbonyl (C=O) groups is 2. The summed E-state index contributed by atoms with van der Waals surface area (Å²) in [5, 5.41) is 14.1. The van der Waals surface area contributed by atoms with Crippen molar-refractivity contribution >= 4 is 17.9 Å². The molecule has 0 saturated carbocycles. The van der Waals surface area contributed by atoms with E-state index >= 15 is 0 Å². The molecule has 2 aromatic carbocycles. The van der Waals surface area contributed by atoms with Crippen molar-refractivity contribution in [2.24, 2.45) is 0 Å². The number of aliphatic hydroxyl groups is 1. The van der Waals surface area contributed by atoms with Crippen LogP contribution in [0.4, 0.5) is 0 Å². The van der Waals surface area contributed by atoms with Crippen molar-refractivity contribution in [1.82, 2.24) is 10.6 Å². The normalized spacial score (nSPS) is 10.9. The molecule has 2 aromatic rings. The zero-order chi connectivity index (χ0) is 18.8. The van der Waals surface area contributed by atoms with Crippen LogP contribution in [0.2, 0.25) is 0 Å². The van der Waals surface area contributed by atoms with Crippen LogP contribution in [0, 0.1) is 0 Å². The lowest BCUT2D eigenvalue weighted by Crippen LogP contribution is -2.36. The summed E-state index contributed by atoms with van der Waals surface area (Å²) in [6.45, 7) is 2.38. The van der Waals surface area contributed by atoms with Gasteiger partial charge in [-0.15, -0.1) is 0 Å². The van der Waals surface area contributed by atoms with Gasteiger partial charge in [-0.05, 0) is 42.8 Å². The molecule has 6 heteroatoms. The van der Waals surface area contributed by atoms with E-state index in [-0.39, 0.29) is 24.8 Å². The van der Waals surface area contributed by atoms with Crippen molar-refractivity contribution in [3.63, 3.8) is 0 Å². The molecular formula is C20H22N2O4. The first-order valence-electron chi connectivity index (χ1n) is 8.34. The molecule has 0 aliphatic heterocycles. The minimum absolute atomic E-state index is 0.0939. The first kappa shape index (κ1) is 19.2. The zero-order valence-corrected chi connectivity index (χ0v) is 14.6. The Labute approximate surface area is 152 Å². The van der Waals surface area contributed by atoms with E-state index in [1.807, 2.05) is 6.92 Å². The van der Waals surface area contributed by atoms with Gasteiger partial charge >= 0.3 is 0 Å². The molecule has 0 aromatic heterocycles. The lowest BCUT2D eigenvalue weighted by Gasteiger charge is -2.11. The van der Waals surface area contributed by atoms with E-state index in [2.05, 4.69) is 10.6 Å². The number of aliphatic hydroxyl groups excluding tert-OH is 1. The van der Waals surface area contributed by atoms with Gasteiger partial charge in [0.1, 0.15) is 11.4 Å². The standard InChI is InChI=1S/C20H22N2O4/c1-2-26-17-10-8-15(9-11-17)14-18(20(25)21-12-13-23)22-19(24)16-6-4-3-5-7-16/h3-11,14,23H,2,12-13H2,1H3,(H,21,25)(H,22,24)/b18-14-. The number of carbonyl (C=O) groups excluding carboxylic acids is 2. The van der Waals surface area contributed by atoms with Gasteiger partial charge in [0.2, 0.25) is 0 Å². The molecule has 26 heavy (non-hydrogen) atoms. The number of ether oxygens (including phenoxy) is 1. The molecule has 136 valence electrons. The highest BCUT2D eigenvalue weighted by Crippen LogP contribution is 2.14. The SMILES string of the molecule is CCOc1ccc(/C=C(\NC(=O)c2ccccc2)C(=O)NCCO)cc1. The number of hydrogen-bond donors (Lipinski definition) is 3. The summed E-state index contributed by atoms with van der Waals surface area (Å²) in [6, 6.07) is 15.8. The zero-order valence-electron chi connectivity index (χ0n) is 14.6. The lowest BCUT2D eigenvalue weighted by atomic mass is 10.1. The minimum Gasteiger partial charge on any atom is -0.494 e. The van der Waals surface area contributed by atoms with Crippen LogP contribution in [0.1, 0.15) is 22.8 Å². The third kappa shape index (κ3) is 5.75. The van der Waals surface area contributed by atoms with E-state index in [0.29, 0.717) is 12.2 Å². The van der Waals surface area contributed by atoms with E-state index in [1.165, 1.54) is 0 Å². The fraction of sp³-hybridized carbons (Fsp3) is 0.200. The fourth-order valence-corrected chi connectivity index (χ4v) is 2.20. The summed E-state index contributed by atoms with van der Waals surface area (Å²) in [4.78, 5) is 24.7. The average molecular weight is 354 g/mol. The second-order valence-corrected chi connectivity index (χ2v) is 5.36. The fourth-order valence-electron chi connectivity index (χ4n) is 2.20. The largest absolute Gasteiger partial charge is 0.494 e. The Morgan fingerprint density at radius 1 is 1.08 bits per heavy atom. The molecule has 0 heterocycles. The molecule has 0 bridgehead atoms. The van der Waals surface area contributed by atoms with Crippen molar-refractivity contribution in [3.8, 4) is 5.75 Å². The van der Waals surface area contributed by atoms with Gasteiger partial charge in [-0.3, -0.25) is 9.59 Å². The summed E-state index contributed by atoms with van der Waals surface area (Å²) in [6.07, 6.45) is 1.57. The van der Waals surface area contributed by atoms with Crippen molar-refractivity contribution < 1.29 is 19.4 Å². The summed E-state index contributed by atoms with van der Waals surface area (Å²) in [5.41, 5.74) is 1.27. The summed E-state index contributed by atoms with van der Waals surface area (Å²) in [5.74, 6) is -0.136. The molecule has 0 unspecified atom stereocenters. The maximum Gasteiger partial charge on any atom is 0.267 e. The maximum absolute atomic E-state index is 12.4. The molecule has 6 nitrogen and oxygen atoms in total. The summed E-state index contributed by atoms with van der Waals surface area (Å²) >= 11 is 0. The Bertz CT molecular complexity index is 755. The van der Waals surface area contributed by atoms with Crippen LogP contribution in [-0.4, -0.2) is 36.7 Å². The molecule has 0 atom stereocenters. The maximum atomic E-state index is 12.4. The van der Waals surface area contributed by atoms with Crippen molar-refractivity contribution in [1.29, 1.82) is 0 Å². The highest BCUT2D eigenvalue weighted by molar-refractivity contribution is 6.05. The van der Waals surface area contributed by atoms with Crippen LogP contribution in [0.3, 0.4) is 0 Å². The third-order valence-corrected chi connectivity index (χ3v) is 3.43. The van der Waals surface area contributed by atoms with Crippen molar-refractivity contribution in [3.05, 3.63) is 71.4 Å². The minimum atomic E-state index is -0.475. The van der Waals surface area contributed by atoms with Crippen LogP contribution < -0.4 is 15.4 Å². The highest BCUT2D eigenvalue weighted by atomic mass is 16.5. The smallest absolute Gasteiger partial charge is 0.267 e. The quantitative estimate of drug-likeness (QED) is 0.633. The molecule has 0 aliphatic rings. The molecule has 0 saturated heterocycles. The van der Waals surface area contributed by atoms with E-state index in [4.69, 9.17) is 9.84 Å². The van der Waals surface area contributed by atoms with E-state index in [9.17, 15) is 9.59 Å². The molecule has 0 aliphatic carbocycles. The average Bonchev–Trinajstić information content (AvgIpc) is 2.68. The topological polar surface area (TPSA) is 87.7 Å². The van der Waals surface area contributed by atoms with Crippen LogP contribution in [0.25, 0.3) is 6.08 Å². The Morgan fingerprint density at radius 3 is 2.38 bits per heavy atom. The van der Waals surface area contributed by atoms with Gasteiger partial charge in [0, 0.05) is 12.1 Å². The van der Waals surface area contributed by atoms with Gasteiger partial charge in [0.05, 0.1) is 13.2 Å². The van der Waals surface area contributed by atoms with Crippen LogP contribution >= 0.6 is 0 Å². The first-order valence-corrected chi connectivity index (χ1v) is 8.34. The molecule has 3 N–H and O–H groups in total. The molecule has 0 fully saturated rings. The Hall–Kier alpha value is -3.12. The molecular weight excluding hydrogens is 332 g/mol. The predicted molar refractivity (Wildman–Crippen MR) is 99.6 cm³/mol. The number of benzene rings is 2. The third-order valence-electron chi connectivity index (χ3n) is 3.43. The van der Waals surface area contributed by atoms with Crippen LogP contribution in [-0.2, 0) is 4.79 Å². The van der Waals surface area contributed by atoms with Gasteiger partial charge in [0.25, 0.3) is 11.8 Å². The lowest BCUT2D eigenvalue weighted by molar-refractivity contribution is -0.117.